The molecule has 0 heterocycles. The molecule has 0 aliphatic carbocycles. The Morgan fingerprint density at radius 2 is 2.20 bits per heavy atom. The van der Waals surface area contributed by atoms with Gasteiger partial charge in [0.05, 0.1) is 5.75 Å². The fourth-order valence-electron chi connectivity index (χ4n) is 0.676. The molecule has 0 aliphatic heterocycles. The molecule has 0 rings (SSSR count). The summed E-state index contributed by atoms with van der Waals surface area (Å²) in [5.41, 5.74) is 0. The summed E-state index contributed by atoms with van der Waals surface area (Å²) in [6.07, 6.45) is 5.03. The summed E-state index contributed by atoms with van der Waals surface area (Å²) in [6, 6.07) is 0. The highest BCUT2D eigenvalue weighted by Crippen LogP contribution is 1.94. The molecule has 6 heteroatoms. The topological polar surface area (TPSA) is 75.6 Å². The molecule has 0 bridgehead atoms. The first-order valence-corrected chi connectivity index (χ1v) is 5.39. The van der Waals surface area contributed by atoms with Crippen molar-refractivity contribution in [3.8, 4) is 12.3 Å². The van der Waals surface area contributed by atoms with Crippen molar-refractivity contribution in [2.75, 3.05) is 31.3 Å². The zero-order valence-electron chi connectivity index (χ0n) is 8.19. The van der Waals surface area contributed by atoms with E-state index in [-0.39, 0.29) is 12.5 Å². The van der Waals surface area contributed by atoms with E-state index in [1.54, 1.807) is 0 Å². The molecule has 2 N–H and O–H groups in total. The van der Waals surface area contributed by atoms with Crippen LogP contribution in [-0.4, -0.2) is 48.2 Å². The number of amides is 1. The largest absolute Gasteiger partial charge is 0.480 e. The van der Waals surface area contributed by atoms with E-state index in [9.17, 15) is 9.59 Å². The van der Waals surface area contributed by atoms with Crippen LogP contribution in [0.15, 0.2) is 0 Å². The second-order valence-electron chi connectivity index (χ2n) is 2.49. The number of carboxylic acids is 1. The Kier molecular flexibility index (Phi) is 8.63. The number of rotatable bonds is 8. The highest BCUT2D eigenvalue weighted by atomic mass is 32.2. The molecule has 0 atom stereocenters. The lowest BCUT2D eigenvalue weighted by molar-refractivity contribution is -0.143. The Labute approximate surface area is 92.6 Å². The summed E-state index contributed by atoms with van der Waals surface area (Å²) in [5.74, 6) is 2.40. The summed E-state index contributed by atoms with van der Waals surface area (Å²) in [4.78, 5) is 21.0. The van der Waals surface area contributed by atoms with Crippen molar-refractivity contribution in [1.29, 1.82) is 0 Å². The highest BCUT2D eigenvalue weighted by Gasteiger charge is 2.02. The van der Waals surface area contributed by atoms with E-state index in [2.05, 4.69) is 16.0 Å². The predicted molar refractivity (Wildman–Crippen MR) is 57.6 cm³/mol. The molecule has 1 amide bonds. The van der Waals surface area contributed by atoms with Gasteiger partial charge in [0.2, 0.25) is 5.91 Å². The number of carbonyl (C=O) groups is 2. The zero-order valence-corrected chi connectivity index (χ0v) is 9.01. The van der Waals surface area contributed by atoms with E-state index in [1.165, 1.54) is 11.8 Å². The molecule has 0 aromatic rings. The average Bonchev–Trinajstić information content (AvgIpc) is 2.17. The van der Waals surface area contributed by atoms with Crippen molar-refractivity contribution in [2.45, 2.75) is 0 Å². The number of hydrogen-bond donors (Lipinski definition) is 2. The lowest BCUT2D eigenvalue weighted by Gasteiger charge is -2.03. The SMILES string of the molecule is C#CCSCCNC(=O)COCC(=O)O. The van der Waals surface area contributed by atoms with Crippen LogP contribution in [0.3, 0.4) is 0 Å². The molecule has 0 unspecified atom stereocenters. The van der Waals surface area contributed by atoms with Gasteiger partial charge in [0.25, 0.3) is 0 Å². The average molecular weight is 231 g/mol. The van der Waals surface area contributed by atoms with Crippen LogP contribution in [0.1, 0.15) is 0 Å². The standard InChI is InChI=1S/C9H13NO4S/c1-2-4-15-5-3-10-8(11)6-14-7-9(12)13/h1H,3-7H2,(H,10,11)(H,12,13). The normalized spacial score (nSPS) is 9.27. The molecule has 0 saturated heterocycles. The number of carbonyl (C=O) groups excluding carboxylic acids is 1. The van der Waals surface area contributed by atoms with Gasteiger partial charge in [0.1, 0.15) is 13.2 Å². The van der Waals surface area contributed by atoms with E-state index < -0.39 is 12.6 Å². The number of nitrogens with one attached hydrogen (secondary N) is 1. The van der Waals surface area contributed by atoms with E-state index in [1.807, 2.05) is 0 Å². The van der Waals surface area contributed by atoms with Crippen molar-refractivity contribution < 1.29 is 19.4 Å². The van der Waals surface area contributed by atoms with Crippen LogP contribution in [0.4, 0.5) is 0 Å². The first kappa shape index (κ1) is 13.8. The Hall–Kier alpha value is -1.19. The van der Waals surface area contributed by atoms with E-state index in [4.69, 9.17) is 11.5 Å². The number of thioether (sulfide) groups is 1. The Morgan fingerprint density at radius 1 is 1.47 bits per heavy atom. The summed E-state index contributed by atoms with van der Waals surface area (Å²) < 4.78 is 4.58. The number of terminal acetylenes is 1. The van der Waals surface area contributed by atoms with Gasteiger partial charge in [0, 0.05) is 12.3 Å². The number of hydrogen-bond acceptors (Lipinski definition) is 4. The van der Waals surface area contributed by atoms with Crippen LogP contribution in [-0.2, 0) is 14.3 Å². The molecular weight excluding hydrogens is 218 g/mol. The molecule has 0 aromatic carbocycles. The summed E-state index contributed by atoms with van der Waals surface area (Å²) in [7, 11) is 0. The van der Waals surface area contributed by atoms with Crippen molar-refractivity contribution in [1.82, 2.24) is 5.32 Å². The smallest absolute Gasteiger partial charge is 0.329 e. The lowest BCUT2D eigenvalue weighted by atomic mass is 10.6. The van der Waals surface area contributed by atoms with E-state index in [0.29, 0.717) is 12.3 Å². The van der Waals surface area contributed by atoms with Crippen LogP contribution >= 0.6 is 11.8 Å². The molecule has 5 nitrogen and oxygen atoms in total. The van der Waals surface area contributed by atoms with Crippen molar-refractivity contribution in [3.05, 3.63) is 0 Å². The maximum atomic E-state index is 11.0. The molecule has 0 spiro atoms. The van der Waals surface area contributed by atoms with Gasteiger partial charge in [-0.15, -0.1) is 18.2 Å². The minimum absolute atomic E-state index is 0.230. The second kappa shape index (κ2) is 9.37. The van der Waals surface area contributed by atoms with Gasteiger partial charge >= 0.3 is 5.97 Å². The quantitative estimate of drug-likeness (QED) is 0.438. The third-order valence-corrected chi connectivity index (χ3v) is 2.08. The monoisotopic (exact) mass is 231 g/mol. The molecular formula is C9H13NO4S. The van der Waals surface area contributed by atoms with Crippen molar-refractivity contribution in [2.24, 2.45) is 0 Å². The fraction of sp³-hybridized carbons (Fsp3) is 0.556. The molecule has 0 saturated carbocycles. The van der Waals surface area contributed by atoms with Crippen LogP contribution in [0.5, 0.6) is 0 Å². The van der Waals surface area contributed by atoms with E-state index >= 15 is 0 Å². The molecule has 0 radical (unpaired) electrons. The summed E-state index contributed by atoms with van der Waals surface area (Å²) in [5, 5.41) is 10.8. The minimum atomic E-state index is -1.09. The highest BCUT2D eigenvalue weighted by molar-refractivity contribution is 7.99. The third-order valence-electron chi connectivity index (χ3n) is 1.21. The predicted octanol–water partition coefficient (Wildman–Crippen LogP) is -0.430. The van der Waals surface area contributed by atoms with Gasteiger partial charge in [-0.2, -0.15) is 0 Å². The Balaban J connectivity index is 3.27. The third kappa shape index (κ3) is 10.7. The maximum Gasteiger partial charge on any atom is 0.329 e. The van der Waals surface area contributed by atoms with Crippen LogP contribution < -0.4 is 5.32 Å². The molecule has 84 valence electrons. The van der Waals surface area contributed by atoms with Gasteiger partial charge in [-0.05, 0) is 0 Å². The zero-order chi connectivity index (χ0) is 11.5. The number of aliphatic carboxylic acids is 1. The lowest BCUT2D eigenvalue weighted by Crippen LogP contribution is -2.30. The van der Waals surface area contributed by atoms with Crippen LogP contribution in [0, 0.1) is 12.3 Å². The van der Waals surface area contributed by atoms with E-state index in [0.717, 1.165) is 5.75 Å². The van der Waals surface area contributed by atoms with Crippen LogP contribution in [0.2, 0.25) is 0 Å². The van der Waals surface area contributed by atoms with Gasteiger partial charge in [-0.25, -0.2) is 4.79 Å². The van der Waals surface area contributed by atoms with Gasteiger partial charge in [0.15, 0.2) is 0 Å². The molecule has 0 aliphatic rings. The Bertz CT molecular complexity index is 249. The fourth-order valence-corrected chi connectivity index (χ4v) is 1.18. The van der Waals surface area contributed by atoms with Gasteiger partial charge in [-0.3, -0.25) is 4.79 Å². The number of ether oxygens (including phenoxy) is 1. The van der Waals surface area contributed by atoms with Crippen LogP contribution in [0.25, 0.3) is 0 Å². The molecule has 0 fully saturated rings. The molecule has 15 heavy (non-hydrogen) atoms. The number of carboxylic acid groups (broad SMARTS) is 1. The first-order valence-electron chi connectivity index (χ1n) is 4.24. The van der Waals surface area contributed by atoms with Crippen molar-refractivity contribution in [3.63, 3.8) is 0 Å². The van der Waals surface area contributed by atoms with Crippen molar-refractivity contribution >= 4 is 23.6 Å². The Morgan fingerprint density at radius 3 is 2.80 bits per heavy atom. The van der Waals surface area contributed by atoms with Gasteiger partial charge < -0.3 is 15.2 Å². The minimum Gasteiger partial charge on any atom is -0.480 e. The summed E-state index contributed by atoms with van der Waals surface area (Å²) >= 11 is 1.54. The molecule has 0 aromatic heterocycles. The second-order valence-corrected chi connectivity index (χ2v) is 3.60. The maximum absolute atomic E-state index is 11.0. The summed E-state index contributed by atoms with van der Waals surface area (Å²) in [6.45, 7) is -0.188. The van der Waals surface area contributed by atoms with Gasteiger partial charge in [-0.1, -0.05) is 5.92 Å². The first-order chi connectivity index (χ1) is 7.16.